The summed E-state index contributed by atoms with van der Waals surface area (Å²) < 4.78 is 65.2. The van der Waals surface area contributed by atoms with Gasteiger partial charge in [0.1, 0.15) is 0 Å². The molecule has 0 fully saturated rings. The number of likely N-dealkylation sites (N-methyl/N-ethyl adjacent to an activating group) is 1. The van der Waals surface area contributed by atoms with Gasteiger partial charge >= 0.3 is 6.18 Å². The van der Waals surface area contributed by atoms with Crippen LogP contribution in [0, 0.1) is 0 Å². The first-order valence-electron chi connectivity index (χ1n) is 8.90. The topological polar surface area (TPSA) is 78.5 Å². The largest absolute Gasteiger partial charge is 0.417 e. The molecule has 1 amide bonds. The summed E-state index contributed by atoms with van der Waals surface area (Å²) >= 11 is 5.50. The highest BCUT2D eigenvalue weighted by Crippen LogP contribution is 2.35. The maximum absolute atomic E-state index is 12.9. The van der Waals surface area contributed by atoms with Gasteiger partial charge in [-0.15, -0.1) is 0 Å². The van der Waals surface area contributed by atoms with Crippen molar-refractivity contribution in [2.45, 2.75) is 17.5 Å². The van der Waals surface area contributed by atoms with Gasteiger partial charge in [-0.3, -0.25) is 4.79 Å². The van der Waals surface area contributed by atoms with Crippen molar-refractivity contribution < 1.29 is 26.4 Å². The number of halogens is 4. The lowest BCUT2D eigenvalue weighted by Crippen LogP contribution is -2.35. The lowest BCUT2D eigenvalue weighted by molar-refractivity contribution is -0.137. The van der Waals surface area contributed by atoms with Gasteiger partial charge in [-0.25, -0.2) is 13.1 Å². The number of alkyl halides is 3. The molecule has 0 aliphatic rings. The zero-order valence-corrected chi connectivity index (χ0v) is 17.6. The molecule has 30 heavy (non-hydrogen) atoms. The van der Waals surface area contributed by atoms with E-state index in [0.29, 0.717) is 19.2 Å². The van der Waals surface area contributed by atoms with Crippen LogP contribution < -0.4 is 14.9 Å². The Labute approximate surface area is 178 Å². The summed E-state index contributed by atoms with van der Waals surface area (Å²) in [6, 6.07) is 11.9. The molecule has 0 aromatic heterocycles. The number of amides is 1. The number of anilines is 1. The first-order valence-corrected chi connectivity index (χ1v) is 10.8. The van der Waals surface area contributed by atoms with Gasteiger partial charge in [-0.1, -0.05) is 29.8 Å². The number of carbonyl (C=O) groups excluding carboxylic acids is 1. The fourth-order valence-corrected chi connectivity index (χ4v) is 3.82. The number of para-hydroxylation sites is 1. The van der Waals surface area contributed by atoms with E-state index in [1.165, 1.54) is 0 Å². The summed E-state index contributed by atoms with van der Waals surface area (Å²) in [6.07, 6.45) is -4.94. The third kappa shape index (κ3) is 6.89. The van der Waals surface area contributed by atoms with Gasteiger partial charge in [0.05, 0.1) is 15.5 Å². The number of benzene rings is 2. The Kier molecular flexibility index (Phi) is 8.10. The summed E-state index contributed by atoms with van der Waals surface area (Å²) in [5.41, 5.74) is -0.256. The molecule has 0 aliphatic heterocycles. The molecule has 0 unspecified atom stereocenters. The van der Waals surface area contributed by atoms with E-state index in [1.54, 1.807) is 0 Å². The molecular weight excluding hydrogens is 443 g/mol. The van der Waals surface area contributed by atoms with Crippen molar-refractivity contribution in [3.05, 3.63) is 59.1 Å². The molecule has 0 aliphatic carbocycles. The standard InChI is InChI=1S/C19H21ClF3N3O3S/c1-26(14-5-3-2-4-6-14)12-11-24-18(27)9-10-25-30(28,29)15-7-8-17(20)16(13-15)19(21,22)23/h2-8,13,25H,9-12H2,1H3,(H,24,27). The number of nitrogens with zero attached hydrogens (tertiary/aromatic N) is 1. The fourth-order valence-electron chi connectivity index (χ4n) is 2.53. The SMILES string of the molecule is CN(CCNC(=O)CCNS(=O)(=O)c1ccc(Cl)c(C(F)(F)F)c1)c1ccccc1. The van der Waals surface area contributed by atoms with Gasteiger partial charge in [-0.2, -0.15) is 13.2 Å². The zero-order chi connectivity index (χ0) is 22.4. The van der Waals surface area contributed by atoms with E-state index >= 15 is 0 Å². The quantitative estimate of drug-likeness (QED) is 0.598. The Bertz CT molecular complexity index is 970. The van der Waals surface area contributed by atoms with E-state index in [0.717, 1.165) is 17.8 Å². The highest BCUT2D eigenvalue weighted by molar-refractivity contribution is 7.89. The second kappa shape index (κ2) is 10.1. The lowest BCUT2D eigenvalue weighted by atomic mass is 10.2. The van der Waals surface area contributed by atoms with Crippen molar-refractivity contribution in [1.29, 1.82) is 0 Å². The van der Waals surface area contributed by atoms with Crippen LogP contribution in [-0.2, 0) is 21.0 Å². The smallest absolute Gasteiger partial charge is 0.373 e. The van der Waals surface area contributed by atoms with Gasteiger partial charge < -0.3 is 10.2 Å². The van der Waals surface area contributed by atoms with E-state index in [9.17, 15) is 26.4 Å². The number of nitrogens with one attached hydrogen (secondary N) is 2. The summed E-state index contributed by atoms with van der Waals surface area (Å²) in [5.74, 6) is -0.383. The van der Waals surface area contributed by atoms with E-state index < -0.39 is 31.7 Å². The number of hydrogen-bond donors (Lipinski definition) is 2. The van der Waals surface area contributed by atoms with Crippen LogP contribution >= 0.6 is 11.6 Å². The van der Waals surface area contributed by atoms with Crippen LogP contribution in [-0.4, -0.2) is 41.0 Å². The Morgan fingerprint density at radius 1 is 1.10 bits per heavy atom. The average molecular weight is 464 g/mol. The van der Waals surface area contributed by atoms with Crippen molar-refractivity contribution in [2.24, 2.45) is 0 Å². The van der Waals surface area contributed by atoms with Gasteiger partial charge in [0, 0.05) is 38.8 Å². The van der Waals surface area contributed by atoms with Crippen molar-refractivity contribution in [3.8, 4) is 0 Å². The van der Waals surface area contributed by atoms with Crippen LogP contribution in [0.1, 0.15) is 12.0 Å². The van der Waals surface area contributed by atoms with Crippen molar-refractivity contribution in [3.63, 3.8) is 0 Å². The number of hydrogen-bond acceptors (Lipinski definition) is 4. The van der Waals surface area contributed by atoms with E-state index in [4.69, 9.17) is 11.6 Å². The summed E-state index contributed by atoms with van der Waals surface area (Å²) in [4.78, 5) is 13.2. The Hall–Kier alpha value is -2.30. The normalized spacial score (nSPS) is 11.9. The minimum atomic E-state index is -4.78. The summed E-state index contributed by atoms with van der Waals surface area (Å²) in [5, 5.41) is 2.07. The maximum Gasteiger partial charge on any atom is 0.417 e. The molecule has 0 saturated heterocycles. The highest BCUT2D eigenvalue weighted by atomic mass is 35.5. The van der Waals surface area contributed by atoms with E-state index in [2.05, 4.69) is 10.0 Å². The number of rotatable bonds is 9. The number of carbonyl (C=O) groups is 1. The lowest BCUT2D eigenvalue weighted by Gasteiger charge is -2.19. The average Bonchev–Trinajstić information content (AvgIpc) is 2.67. The molecule has 0 atom stereocenters. The molecule has 6 nitrogen and oxygen atoms in total. The Morgan fingerprint density at radius 2 is 1.77 bits per heavy atom. The molecule has 0 heterocycles. The molecule has 0 bridgehead atoms. The molecule has 2 aromatic rings. The van der Waals surface area contributed by atoms with Crippen molar-refractivity contribution >= 4 is 33.2 Å². The summed E-state index contributed by atoms with van der Waals surface area (Å²) in [7, 11) is -2.35. The molecule has 0 spiro atoms. The monoisotopic (exact) mass is 463 g/mol. The number of sulfonamides is 1. The Morgan fingerprint density at radius 3 is 2.40 bits per heavy atom. The van der Waals surface area contributed by atoms with Gasteiger partial charge in [0.25, 0.3) is 0 Å². The second-order valence-corrected chi connectivity index (χ2v) is 8.57. The first kappa shape index (κ1) is 24.0. The minimum absolute atomic E-state index is 0.159. The van der Waals surface area contributed by atoms with Crippen LogP contribution in [0.3, 0.4) is 0 Å². The predicted octanol–water partition coefficient (Wildman–Crippen LogP) is 3.28. The maximum atomic E-state index is 12.9. The zero-order valence-electron chi connectivity index (χ0n) is 16.0. The summed E-state index contributed by atoms with van der Waals surface area (Å²) in [6.45, 7) is 0.641. The van der Waals surface area contributed by atoms with Crippen molar-refractivity contribution in [1.82, 2.24) is 10.0 Å². The minimum Gasteiger partial charge on any atom is -0.373 e. The molecule has 2 N–H and O–H groups in total. The molecule has 0 radical (unpaired) electrons. The van der Waals surface area contributed by atoms with Crippen molar-refractivity contribution in [2.75, 3.05) is 31.6 Å². The molecular formula is C19H21ClF3N3O3S. The van der Waals surface area contributed by atoms with Crippen LogP contribution in [0.2, 0.25) is 5.02 Å². The van der Waals surface area contributed by atoms with Crippen LogP contribution in [0.4, 0.5) is 18.9 Å². The molecule has 11 heteroatoms. The van der Waals surface area contributed by atoms with E-state index in [1.807, 2.05) is 42.3 Å². The highest BCUT2D eigenvalue weighted by Gasteiger charge is 2.34. The molecule has 164 valence electrons. The fraction of sp³-hybridized carbons (Fsp3) is 0.316. The van der Waals surface area contributed by atoms with Gasteiger partial charge in [0.15, 0.2) is 0 Å². The second-order valence-electron chi connectivity index (χ2n) is 6.39. The van der Waals surface area contributed by atoms with Crippen LogP contribution in [0.5, 0.6) is 0 Å². The van der Waals surface area contributed by atoms with Gasteiger partial charge in [-0.05, 0) is 30.3 Å². The van der Waals surface area contributed by atoms with Crippen LogP contribution in [0.15, 0.2) is 53.4 Å². The Balaban J connectivity index is 1.82. The van der Waals surface area contributed by atoms with Gasteiger partial charge in [0.2, 0.25) is 15.9 Å². The molecule has 2 rings (SSSR count). The predicted molar refractivity (Wildman–Crippen MR) is 109 cm³/mol. The third-order valence-corrected chi connectivity index (χ3v) is 5.95. The molecule has 0 saturated carbocycles. The molecule has 2 aromatic carbocycles. The van der Waals surface area contributed by atoms with E-state index in [-0.39, 0.29) is 18.9 Å². The van der Waals surface area contributed by atoms with Crippen LogP contribution in [0.25, 0.3) is 0 Å². The first-order chi connectivity index (χ1) is 14.0. The third-order valence-electron chi connectivity index (χ3n) is 4.16.